The van der Waals surface area contributed by atoms with Gasteiger partial charge in [-0.3, -0.25) is 14.5 Å². The van der Waals surface area contributed by atoms with Gasteiger partial charge in [0, 0.05) is 18.5 Å². The van der Waals surface area contributed by atoms with E-state index >= 15 is 0 Å². The molecule has 2 aliphatic rings. The first-order valence-electron chi connectivity index (χ1n) is 9.86. The van der Waals surface area contributed by atoms with Crippen LogP contribution in [0.3, 0.4) is 0 Å². The van der Waals surface area contributed by atoms with Crippen LogP contribution in [0.4, 0.5) is 0 Å². The second-order valence-electron chi connectivity index (χ2n) is 7.77. The summed E-state index contributed by atoms with van der Waals surface area (Å²) in [6.45, 7) is 2.26. The Kier molecular flexibility index (Phi) is 4.40. The third-order valence-electron chi connectivity index (χ3n) is 5.90. The van der Waals surface area contributed by atoms with E-state index in [0.29, 0.717) is 5.69 Å². The molecular formula is C21H21N7O2S. The maximum absolute atomic E-state index is 13.4. The lowest BCUT2D eigenvalue weighted by atomic mass is 9.84. The van der Waals surface area contributed by atoms with Crippen molar-refractivity contribution in [1.29, 1.82) is 0 Å². The highest BCUT2D eigenvalue weighted by Gasteiger charge is 2.57. The smallest absolute Gasteiger partial charge is 0.276 e. The number of para-hydroxylation sites is 1. The number of nitrogens with zero attached hydrogens (tertiary/aromatic N) is 6. The van der Waals surface area contributed by atoms with E-state index in [1.54, 1.807) is 18.9 Å². The number of benzene rings is 1. The summed E-state index contributed by atoms with van der Waals surface area (Å²) in [5.41, 5.74) is 6.76. The van der Waals surface area contributed by atoms with E-state index in [9.17, 15) is 9.59 Å². The number of guanidine groups is 1. The number of fused-ring (bicyclic) bond motifs is 1. The molecule has 2 aliphatic heterocycles. The average molecular weight is 436 g/mol. The number of aliphatic imine (C=N–C) groups is 1. The Hall–Kier alpha value is -3.53. The molecule has 0 aliphatic carbocycles. The van der Waals surface area contributed by atoms with Gasteiger partial charge in [0.05, 0.1) is 23.8 Å². The fourth-order valence-corrected chi connectivity index (χ4v) is 5.16. The predicted octanol–water partition coefficient (Wildman–Crippen LogP) is 1.39. The van der Waals surface area contributed by atoms with Crippen molar-refractivity contribution in [2.24, 2.45) is 16.6 Å². The molecule has 2 unspecified atom stereocenters. The molecule has 2 amide bonds. The van der Waals surface area contributed by atoms with Gasteiger partial charge in [0.1, 0.15) is 5.54 Å². The molecule has 3 aromatic rings. The molecule has 2 aromatic heterocycles. The minimum Gasteiger partial charge on any atom is -0.369 e. The van der Waals surface area contributed by atoms with E-state index < -0.39 is 11.5 Å². The molecule has 0 bridgehead atoms. The normalized spacial score (nSPS) is 23.1. The highest BCUT2D eigenvalue weighted by molar-refractivity contribution is 7.10. The zero-order valence-electron chi connectivity index (χ0n) is 17.1. The lowest BCUT2D eigenvalue weighted by Crippen LogP contribution is -2.54. The molecule has 4 heterocycles. The van der Waals surface area contributed by atoms with Crippen molar-refractivity contribution in [1.82, 2.24) is 24.8 Å². The lowest BCUT2D eigenvalue weighted by molar-refractivity contribution is -0.132. The van der Waals surface area contributed by atoms with Gasteiger partial charge in [0.2, 0.25) is 5.91 Å². The summed E-state index contributed by atoms with van der Waals surface area (Å²) in [7, 11) is 1.61. The Balaban J connectivity index is 1.51. The molecule has 1 aromatic carbocycles. The van der Waals surface area contributed by atoms with Crippen molar-refractivity contribution in [2.75, 3.05) is 20.1 Å². The number of carbonyl (C=O) groups excluding carboxylic acids is 2. The van der Waals surface area contributed by atoms with Crippen molar-refractivity contribution >= 4 is 29.1 Å². The quantitative estimate of drug-likeness (QED) is 0.669. The molecular weight excluding hydrogens is 414 g/mol. The summed E-state index contributed by atoms with van der Waals surface area (Å²) in [4.78, 5) is 36.6. The van der Waals surface area contributed by atoms with Crippen LogP contribution in [-0.4, -0.2) is 62.7 Å². The van der Waals surface area contributed by atoms with E-state index in [1.807, 2.05) is 47.8 Å². The number of aryl methyl sites for hydroxylation is 1. The Labute approximate surface area is 182 Å². The summed E-state index contributed by atoms with van der Waals surface area (Å²) in [5.74, 6) is -0.748. The Morgan fingerprint density at radius 1 is 1.19 bits per heavy atom. The maximum Gasteiger partial charge on any atom is 0.276 e. The van der Waals surface area contributed by atoms with Crippen LogP contribution in [-0.2, 0) is 10.3 Å². The van der Waals surface area contributed by atoms with Gasteiger partial charge in [-0.25, -0.2) is 4.99 Å². The van der Waals surface area contributed by atoms with Gasteiger partial charge in [-0.05, 0) is 30.5 Å². The van der Waals surface area contributed by atoms with Gasteiger partial charge in [0.25, 0.3) is 5.91 Å². The van der Waals surface area contributed by atoms with Gasteiger partial charge < -0.3 is 10.6 Å². The Morgan fingerprint density at radius 2 is 1.97 bits per heavy atom. The highest BCUT2D eigenvalue weighted by Crippen LogP contribution is 2.45. The predicted molar refractivity (Wildman–Crippen MR) is 116 cm³/mol. The van der Waals surface area contributed by atoms with Crippen LogP contribution in [0, 0.1) is 12.8 Å². The highest BCUT2D eigenvalue weighted by atomic mass is 32.1. The van der Waals surface area contributed by atoms with Crippen LogP contribution in [0.1, 0.15) is 21.1 Å². The summed E-state index contributed by atoms with van der Waals surface area (Å²) in [5, 5.41) is 10.8. The van der Waals surface area contributed by atoms with Crippen LogP contribution < -0.4 is 5.73 Å². The van der Waals surface area contributed by atoms with Gasteiger partial charge in [0.15, 0.2) is 11.7 Å². The summed E-state index contributed by atoms with van der Waals surface area (Å²) >= 11 is 1.51. The first-order valence-corrected chi connectivity index (χ1v) is 10.7. The molecule has 2 N–H and O–H groups in total. The van der Waals surface area contributed by atoms with Crippen LogP contribution in [0.15, 0.2) is 52.8 Å². The third-order valence-corrected chi connectivity index (χ3v) is 6.94. The van der Waals surface area contributed by atoms with Crippen molar-refractivity contribution in [3.05, 3.63) is 64.1 Å². The number of thiophene rings is 1. The first kappa shape index (κ1) is 19.4. The minimum absolute atomic E-state index is 0.138. The van der Waals surface area contributed by atoms with E-state index in [0.717, 1.165) is 10.6 Å². The van der Waals surface area contributed by atoms with Crippen molar-refractivity contribution in [3.63, 3.8) is 0 Å². The van der Waals surface area contributed by atoms with E-state index in [4.69, 9.17) is 10.7 Å². The van der Waals surface area contributed by atoms with E-state index in [2.05, 4.69) is 10.2 Å². The van der Waals surface area contributed by atoms with E-state index in [-0.39, 0.29) is 36.6 Å². The topological polar surface area (TPSA) is 110 Å². The molecule has 9 nitrogen and oxygen atoms in total. The number of aromatic nitrogens is 3. The number of hydrogen-bond donors (Lipinski definition) is 1. The van der Waals surface area contributed by atoms with Crippen LogP contribution >= 0.6 is 11.3 Å². The van der Waals surface area contributed by atoms with Gasteiger partial charge in [-0.15, -0.1) is 16.4 Å². The lowest BCUT2D eigenvalue weighted by Gasteiger charge is -2.36. The van der Waals surface area contributed by atoms with Crippen LogP contribution in [0.5, 0.6) is 0 Å². The van der Waals surface area contributed by atoms with Gasteiger partial charge >= 0.3 is 0 Å². The van der Waals surface area contributed by atoms with E-state index in [1.165, 1.54) is 21.0 Å². The average Bonchev–Trinajstić information content (AvgIpc) is 3.51. The van der Waals surface area contributed by atoms with Crippen molar-refractivity contribution in [2.45, 2.75) is 12.5 Å². The van der Waals surface area contributed by atoms with Gasteiger partial charge in [-0.1, -0.05) is 24.3 Å². The monoisotopic (exact) mass is 435 g/mol. The molecule has 5 rings (SSSR count). The molecule has 0 spiro atoms. The van der Waals surface area contributed by atoms with Gasteiger partial charge in [-0.2, -0.15) is 9.90 Å². The van der Waals surface area contributed by atoms with Crippen molar-refractivity contribution < 1.29 is 9.59 Å². The van der Waals surface area contributed by atoms with Crippen LogP contribution in [0.2, 0.25) is 0 Å². The first-order chi connectivity index (χ1) is 14.9. The third kappa shape index (κ3) is 2.94. The number of carbonyl (C=O) groups is 2. The van der Waals surface area contributed by atoms with Crippen LogP contribution in [0.25, 0.3) is 5.69 Å². The zero-order chi connectivity index (χ0) is 21.8. The molecule has 1 saturated heterocycles. The molecule has 2 atom stereocenters. The standard InChI is InChI=1S/C21H21N7O2S/c1-13-17(25-28(24-13)14-7-4-3-5-8-14)19(30)27-11-15-18(29)26(2)20(22)23-21(15,12-27)16-9-6-10-31-16/h3-10,15H,11-12H2,1-2H3,(H2,22,23). The van der Waals surface area contributed by atoms with Crippen molar-refractivity contribution in [3.8, 4) is 5.69 Å². The SMILES string of the molecule is Cc1nn(-c2ccccc2)nc1C(=O)N1CC2C(=O)N(C)C(N)=NC2(c2cccs2)C1. The molecule has 0 saturated carbocycles. The molecule has 10 heteroatoms. The number of nitrogens with two attached hydrogens (primary N) is 1. The second-order valence-corrected chi connectivity index (χ2v) is 8.71. The fourth-order valence-electron chi connectivity index (χ4n) is 4.25. The Morgan fingerprint density at radius 3 is 2.68 bits per heavy atom. The number of rotatable bonds is 3. The molecule has 158 valence electrons. The summed E-state index contributed by atoms with van der Waals surface area (Å²) in [6, 6.07) is 13.3. The fraction of sp³-hybridized carbons (Fsp3) is 0.286. The summed E-state index contributed by atoms with van der Waals surface area (Å²) in [6.07, 6.45) is 0. The molecule has 0 radical (unpaired) electrons. The largest absolute Gasteiger partial charge is 0.369 e. The maximum atomic E-state index is 13.4. The number of likely N-dealkylation sites (tertiary alicyclic amines) is 1. The number of hydrogen-bond acceptors (Lipinski definition) is 7. The molecule has 1 fully saturated rings. The Bertz CT molecular complexity index is 1190. The molecule has 31 heavy (non-hydrogen) atoms. The zero-order valence-corrected chi connectivity index (χ0v) is 17.9. The minimum atomic E-state index is -0.874. The second kappa shape index (κ2) is 7.02. The summed E-state index contributed by atoms with van der Waals surface area (Å²) < 4.78 is 0. The number of amides is 2.